The van der Waals surface area contributed by atoms with Gasteiger partial charge in [-0.1, -0.05) is 0 Å². The van der Waals surface area contributed by atoms with E-state index in [0.29, 0.717) is 6.54 Å². The zero-order chi connectivity index (χ0) is 17.4. The number of aliphatic hydroxyl groups is 1. The van der Waals surface area contributed by atoms with Crippen LogP contribution in [0.5, 0.6) is 0 Å². The Hall–Kier alpha value is -1.18. The Morgan fingerprint density at radius 2 is 2.08 bits per heavy atom. The van der Waals surface area contributed by atoms with Crippen molar-refractivity contribution in [2.24, 2.45) is 4.99 Å². The fraction of sp³-hybridized carbons (Fsp3) is 0.765. The summed E-state index contributed by atoms with van der Waals surface area (Å²) in [5.41, 5.74) is 1.09. The van der Waals surface area contributed by atoms with Crippen molar-refractivity contribution in [3.05, 3.63) is 15.6 Å². The molecule has 1 saturated heterocycles. The van der Waals surface area contributed by atoms with Gasteiger partial charge < -0.3 is 20.6 Å². The summed E-state index contributed by atoms with van der Waals surface area (Å²) >= 11 is 1.72. The van der Waals surface area contributed by atoms with Gasteiger partial charge in [-0.05, 0) is 46.6 Å². The molecule has 0 bridgehead atoms. The average molecular weight is 354 g/mol. The van der Waals surface area contributed by atoms with Crippen molar-refractivity contribution in [3.8, 4) is 0 Å². The second-order valence-corrected chi connectivity index (χ2v) is 7.58. The van der Waals surface area contributed by atoms with Crippen LogP contribution in [0, 0.1) is 13.8 Å². The van der Waals surface area contributed by atoms with E-state index < -0.39 is 0 Å². The molecule has 1 aliphatic heterocycles. The van der Waals surface area contributed by atoms with Crippen molar-refractivity contribution in [2.75, 3.05) is 32.7 Å². The monoisotopic (exact) mass is 353 g/mol. The summed E-state index contributed by atoms with van der Waals surface area (Å²) < 4.78 is 0. The number of aryl methyl sites for hydroxylation is 2. The predicted octanol–water partition coefficient (Wildman–Crippen LogP) is 1.66. The predicted molar refractivity (Wildman–Crippen MR) is 101 cm³/mol. The summed E-state index contributed by atoms with van der Waals surface area (Å²) in [6.45, 7) is 11.7. The maximum Gasteiger partial charge on any atom is 0.191 e. The fourth-order valence-corrected chi connectivity index (χ4v) is 3.73. The number of nitrogens with one attached hydrogen (secondary N) is 2. The summed E-state index contributed by atoms with van der Waals surface area (Å²) in [6, 6.07) is 0. The molecule has 1 aromatic heterocycles. The number of rotatable bonds is 7. The lowest BCUT2D eigenvalue weighted by atomic mass is 10.1. The number of hydrogen-bond acceptors (Lipinski definition) is 5. The van der Waals surface area contributed by atoms with Gasteiger partial charge in [0.2, 0.25) is 0 Å². The fourth-order valence-electron chi connectivity index (χ4n) is 2.87. The summed E-state index contributed by atoms with van der Waals surface area (Å²) in [7, 11) is 0. The highest BCUT2D eigenvalue weighted by Gasteiger charge is 2.16. The van der Waals surface area contributed by atoms with Crippen molar-refractivity contribution < 1.29 is 5.11 Å². The van der Waals surface area contributed by atoms with Crippen molar-refractivity contribution in [1.82, 2.24) is 20.5 Å². The lowest BCUT2D eigenvalue weighted by molar-refractivity contribution is 0.0823. The van der Waals surface area contributed by atoms with Crippen LogP contribution in [0.1, 0.15) is 41.8 Å². The quantitative estimate of drug-likeness (QED) is 0.395. The first-order chi connectivity index (χ1) is 11.6. The minimum atomic E-state index is -0.0919. The Bertz CT molecular complexity index is 523. The van der Waals surface area contributed by atoms with Gasteiger partial charge in [0.25, 0.3) is 0 Å². The van der Waals surface area contributed by atoms with E-state index in [1.165, 1.54) is 4.88 Å². The number of thiazole rings is 1. The van der Waals surface area contributed by atoms with E-state index in [4.69, 9.17) is 0 Å². The van der Waals surface area contributed by atoms with E-state index >= 15 is 0 Å². The Balaban J connectivity index is 1.72. The molecule has 7 heteroatoms. The van der Waals surface area contributed by atoms with Gasteiger partial charge >= 0.3 is 0 Å². The van der Waals surface area contributed by atoms with E-state index in [0.717, 1.165) is 68.6 Å². The highest BCUT2D eigenvalue weighted by molar-refractivity contribution is 7.11. The molecule has 0 aromatic carbocycles. The number of aromatic nitrogens is 1. The van der Waals surface area contributed by atoms with Gasteiger partial charge in [0.1, 0.15) is 0 Å². The second kappa shape index (κ2) is 9.96. The van der Waals surface area contributed by atoms with Crippen LogP contribution in [-0.4, -0.2) is 59.8 Å². The van der Waals surface area contributed by atoms with Crippen LogP contribution in [0.2, 0.25) is 0 Å². The van der Waals surface area contributed by atoms with E-state index in [1.54, 1.807) is 11.3 Å². The highest BCUT2D eigenvalue weighted by atomic mass is 32.1. The number of piperidine rings is 1. The number of aliphatic imine (C=N–C) groups is 1. The summed E-state index contributed by atoms with van der Waals surface area (Å²) in [5.74, 6) is 0.872. The molecule has 1 aliphatic rings. The van der Waals surface area contributed by atoms with E-state index in [9.17, 15) is 5.11 Å². The Kier molecular flexibility index (Phi) is 7.94. The third-order valence-corrected chi connectivity index (χ3v) is 5.28. The maximum atomic E-state index is 9.54. The number of likely N-dealkylation sites (tertiary alicyclic amines) is 1. The van der Waals surface area contributed by atoms with Crippen molar-refractivity contribution in [2.45, 2.75) is 52.7 Å². The van der Waals surface area contributed by atoms with Crippen LogP contribution in [0.15, 0.2) is 4.99 Å². The topological polar surface area (TPSA) is 72.8 Å². The third kappa shape index (κ3) is 6.37. The average Bonchev–Trinajstić information content (AvgIpc) is 2.88. The smallest absolute Gasteiger partial charge is 0.191 e. The molecular weight excluding hydrogens is 322 g/mol. The molecule has 1 fully saturated rings. The van der Waals surface area contributed by atoms with Crippen molar-refractivity contribution in [1.29, 1.82) is 0 Å². The minimum Gasteiger partial charge on any atom is -0.393 e. The summed E-state index contributed by atoms with van der Waals surface area (Å²) in [6.07, 6.45) is 2.81. The van der Waals surface area contributed by atoms with E-state index in [-0.39, 0.29) is 6.10 Å². The Morgan fingerprint density at radius 3 is 2.71 bits per heavy atom. The number of aliphatic hydroxyl groups excluding tert-OH is 1. The van der Waals surface area contributed by atoms with Gasteiger partial charge in [-0.2, -0.15) is 0 Å². The maximum absolute atomic E-state index is 9.54. The molecule has 6 nitrogen and oxygen atoms in total. The normalized spacial score (nSPS) is 17.2. The first-order valence-electron chi connectivity index (χ1n) is 8.94. The molecule has 24 heavy (non-hydrogen) atoms. The second-order valence-electron chi connectivity index (χ2n) is 6.29. The molecular formula is C17H31N5OS. The zero-order valence-corrected chi connectivity index (χ0v) is 16.0. The van der Waals surface area contributed by atoms with Crippen molar-refractivity contribution >= 4 is 17.3 Å². The van der Waals surface area contributed by atoms with Gasteiger partial charge in [0.15, 0.2) is 5.96 Å². The van der Waals surface area contributed by atoms with Gasteiger partial charge in [0.05, 0.1) is 23.4 Å². The van der Waals surface area contributed by atoms with Crippen LogP contribution in [0.3, 0.4) is 0 Å². The number of guanidine groups is 1. The molecule has 136 valence electrons. The van der Waals surface area contributed by atoms with Gasteiger partial charge in [-0.15, -0.1) is 11.3 Å². The lowest BCUT2D eigenvalue weighted by Gasteiger charge is -2.29. The minimum absolute atomic E-state index is 0.0919. The largest absolute Gasteiger partial charge is 0.393 e. The van der Waals surface area contributed by atoms with E-state index in [1.807, 2.05) is 13.8 Å². The Morgan fingerprint density at radius 1 is 1.33 bits per heavy atom. The molecule has 0 aliphatic carbocycles. The van der Waals surface area contributed by atoms with Gasteiger partial charge in [-0.25, -0.2) is 9.98 Å². The van der Waals surface area contributed by atoms with Gasteiger partial charge in [0, 0.05) is 31.1 Å². The lowest BCUT2D eigenvalue weighted by Crippen LogP contribution is -2.40. The number of nitrogens with zero attached hydrogens (tertiary/aromatic N) is 3. The first kappa shape index (κ1) is 19.1. The third-order valence-electron chi connectivity index (χ3n) is 4.23. The van der Waals surface area contributed by atoms with E-state index in [2.05, 4.69) is 32.4 Å². The van der Waals surface area contributed by atoms with Crippen LogP contribution >= 0.6 is 11.3 Å². The van der Waals surface area contributed by atoms with Crippen LogP contribution < -0.4 is 10.6 Å². The molecule has 0 radical (unpaired) electrons. The van der Waals surface area contributed by atoms with Gasteiger partial charge in [-0.3, -0.25) is 0 Å². The summed E-state index contributed by atoms with van der Waals surface area (Å²) in [5, 5.41) is 17.3. The standard InChI is InChI=1S/C17H31N5OS/c1-4-18-17(20-12-16-13(2)21-14(3)24-16)19-8-5-9-22-10-6-15(23)7-11-22/h15,23H,4-12H2,1-3H3,(H2,18,19,20). The first-order valence-corrected chi connectivity index (χ1v) is 9.75. The number of hydrogen-bond donors (Lipinski definition) is 3. The van der Waals surface area contributed by atoms with Crippen LogP contribution in [0.4, 0.5) is 0 Å². The molecule has 1 aromatic rings. The molecule has 0 atom stereocenters. The Labute approximate surface area is 149 Å². The van der Waals surface area contributed by atoms with Crippen LogP contribution in [0.25, 0.3) is 0 Å². The molecule has 0 amide bonds. The zero-order valence-electron chi connectivity index (χ0n) is 15.1. The van der Waals surface area contributed by atoms with Crippen molar-refractivity contribution in [3.63, 3.8) is 0 Å². The molecule has 0 saturated carbocycles. The molecule has 0 spiro atoms. The van der Waals surface area contributed by atoms with Crippen LogP contribution in [-0.2, 0) is 6.54 Å². The summed E-state index contributed by atoms with van der Waals surface area (Å²) in [4.78, 5) is 12.8. The molecule has 2 heterocycles. The highest BCUT2D eigenvalue weighted by Crippen LogP contribution is 2.17. The molecule has 0 unspecified atom stereocenters. The SMILES string of the molecule is CCNC(=NCc1sc(C)nc1C)NCCCN1CCC(O)CC1. The molecule has 2 rings (SSSR count). The molecule has 3 N–H and O–H groups in total.